The molecule has 1 aromatic carbocycles. The summed E-state index contributed by atoms with van der Waals surface area (Å²) in [5, 5.41) is 3.56. The Kier molecular flexibility index (Phi) is 3.44. The summed E-state index contributed by atoms with van der Waals surface area (Å²) in [5.41, 5.74) is 1.39. The Labute approximate surface area is 104 Å². The van der Waals surface area contributed by atoms with Crippen molar-refractivity contribution in [2.75, 3.05) is 13.1 Å². The molecule has 3 rings (SSSR count). The molecule has 0 aliphatic carbocycles. The van der Waals surface area contributed by atoms with Crippen molar-refractivity contribution in [3.63, 3.8) is 0 Å². The van der Waals surface area contributed by atoms with Crippen molar-refractivity contribution in [2.24, 2.45) is 0 Å². The minimum absolute atomic E-state index is 0.915. The highest BCUT2D eigenvalue weighted by atomic mass is 15.2. The van der Waals surface area contributed by atoms with E-state index >= 15 is 0 Å². The van der Waals surface area contributed by atoms with E-state index in [2.05, 4.69) is 40.5 Å². The summed E-state index contributed by atoms with van der Waals surface area (Å²) in [6.07, 6.45) is 5.79. The minimum atomic E-state index is 0.915. The number of rotatable bonds is 5. The fraction of sp³-hybridized carbons (Fsp3) is 0.600. The highest BCUT2D eigenvalue weighted by Crippen LogP contribution is 2.36. The second kappa shape index (κ2) is 5.19. The average Bonchev–Trinajstić information content (AvgIpc) is 2.95. The van der Waals surface area contributed by atoms with Crippen LogP contribution in [-0.2, 0) is 6.54 Å². The first-order valence-corrected chi connectivity index (χ1v) is 6.94. The zero-order chi connectivity index (χ0) is 11.5. The third kappa shape index (κ3) is 2.53. The Morgan fingerprint density at radius 2 is 1.65 bits per heavy atom. The van der Waals surface area contributed by atoms with Crippen molar-refractivity contribution in [3.8, 4) is 0 Å². The lowest BCUT2D eigenvalue weighted by Crippen LogP contribution is -2.35. The number of nitrogens with zero attached hydrogens (tertiary/aromatic N) is 1. The molecule has 1 aromatic rings. The predicted molar refractivity (Wildman–Crippen MR) is 70.9 cm³/mol. The molecule has 2 aliphatic heterocycles. The van der Waals surface area contributed by atoms with Crippen LogP contribution >= 0.6 is 0 Å². The first kappa shape index (κ1) is 11.2. The lowest BCUT2D eigenvalue weighted by Gasteiger charge is -2.21. The topological polar surface area (TPSA) is 15.3 Å². The van der Waals surface area contributed by atoms with Crippen LogP contribution in [0.3, 0.4) is 0 Å². The van der Waals surface area contributed by atoms with Gasteiger partial charge in [-0.15, -0.1) is 0 Å². The van der Waals surface area contributed by atoms with Crippen LogP contribution in [0.25, 0.3) is 0 Å². The van der Waals surface area contributed by atoms with E-state index in [4.69, 9.17) is 0 Å². The Bertz CT molecular complexity index is 329. The van der Waals surface area contributed by atoms with Crippen LogP contribution in [0.2, 0.25) is 0 Å². The van der Waals surface area contributed by atoms with Gasteiger partial charge in [0.1, 0.15) is 0 Å². The monoisotopic (exact) mass is 230 g/mol. The van der Waals surface area contributed by atoms with Gasteiger partial charge in [0.2, 0.25) is 0 Å². The zero-order valence-corrected chi connectivity index (χ0v) is 10.4. The van der Waals surface area contributed by atoms with E-state index in [0.29, 0.717) is 0 Å². The van der Waals surface area contributed by atoms with Crippen LogP contribution < -0.4 is 5.32 Å². The predicted octanol–water partition coefficient (Wildman–Crippen LogP) is 2.40. The molecule has 0 radical (unpaired) electrons. The van der Waals surface area contributed by atoms with E-state index in [1.54, 1.807) is 0 Å². The molecule has 2 aliphatic rings. The van der Waals surface area contributed by atoms with Crippen LogP contribution in [0.5, 0.6) is 0 Å². The van der Waals surface area contributed by atoms with Crippen LogP contribution in [0, 0.1) is 0 Å². The van der Waals surface area contributed by atoms with E-state index in [1.165, 1.54) is 37.8 Å². The molecular formula is C15H22N2. The first-order chi connectivity index (χ1) is 8.43. The van der Waals surface area contributed by atoms with Gasteiger partial charge in [-0.1, -0.05) is 30.3 Å². The summed E-state index contributed by atoms with van der Waals surface area (Å²) in [6, 6.07) is 12.5. The highest BCUT2D eigenvalue weighted by Gasteiger charge is 2.38. The van der Waals surface area contributed by atoms with Crippen LogP contribution in [0.4, 0.5) is 0 Å². The molecule has 0 aromatic heterocycles. The van der Waals surface area contributed by atoms with Gasteiger partial charge in [-0.05, 0) is 31.2 Å². The van der Waals surface area contributed by atoms with Gasteiger partial charge in [-0.3, -0.25) is 4.90 Å². The average molecular weight is 230 g/mol. The molecule has 2 bridgehead atoms. The van der Waals surface area contributed by atoms with Gasteiger partial charge in [0, 0.05) is 31.7 Å². The third-order valence-corrected chi connectivity index (χ3v) is 4.32. The van der Waals surface area contributed by atoms with Gasteiger partial charge in [0.05, 0.1) is 0 Å². The molecule has 92 valence electrons. The number of hydrogen-bond donors (Lipinski definition) is 1. The normalized spacial score (nSPS) is 27.8. The number of nitrogens with one attached hydrogen (secondary N) is 1. The highest BCUT2D eigenvalue weighted by molar-refractivity contribution is 5.14. The van der Waals surface area contributed by atoms with Crippen molar-refractivity contribution >= 4 is 0 Å². The van der Waals surface area contributed by atoms with Gasteiger partial charge >= 0.3 is 0 Å². The summed E-state index contributed by atoms with van der Waals surface area (Å²) >= 11 is 0. The van der Waals surface area contributed by atoms with Crippen molar-refractivity contribution in [1.29, 1.82) is 0 Å². The van der Waals surface area contributed by atoms with E-state index < -0.39 is 0 Å². The quantitative estimate of drug-likeness (QED) is 0.781. The molecule has 0 amide bonds. The SMILES string of the molecule is c1ccc(CNCCN2C3CCC2CC3)cc1. The Morgan fingerprint density at radius 1 is 1.00 bits per heavy atom. The maximum absolute atomic E-state index is 3.56. The summed E-state index contributed by atoms with van der Waals surface area (Å²) in [6.45, 7) is 3.37. The van der Waals surface area contributed by atoms with E-state index in [1.807, 2.05) is 0 Å². The molecule has 2 fully saturated rings. The minimum Gasteiger partial charge on any atom is -0.311 e. The summed E-state index contributed by atoms with van der Waals surface area (Å²) in [7, 11) is 0. The lowest BCUT2D eigenvalue weighted by atomic mass is 10.0. The molecule has 0 spiro atoms. The van der Waals surface area contributed by atoms with E-state index in [9.17, 15) is 0 Å². The molecule has 2 saturated heterocycles. The molecule has 1 N–H and O–H groups in total. The molecule has 2 nitrogen and oxygen atoms in total. The van der Waals surface area contributed by atoms with Crippen LogP contribution in [0.15, 0.2) is 30.3 Å². The van der Waals surface area contributed by atoms with Gasteiger partial charge in [0.15, 0.2) is 0 Å². The largest absolute Gasteiger partial charge is 0.311 e. The summed E-state index contributed by atoms with van der Waals surface area (Å²) in [4.78, 5) is 2.73. The fourth-order valence-corrected chi connectivity index (χ4v) is 3.42. The number of hydrogen-bond acceptors (Lipinski definition) is 2. The van der Waals surface area contributed by atoms with Gasteiger partial charge < -0.3 is 5.32 Å². The van der Waals surface area contributed by atoms with Gasteiger partial charge in [-0.25, -0.2) is 0 Å². The van der Waals surface area contributed by atoms with Crippen molar-refractivity contribution in [1.82, 2.24) is 10.2 Å². The van der Waals surface area contributed by atoms with E-state index in [-0.39, 0.29) is 0 Å². The standard InChI is InChI=1S/C15H22N2/c1-2-4-13(5-3-1)12-16-10-11-17-14-6-7-15(17)9-8-14/h1-5,14-16H,6-12H2. The maximum Gasteiger partial charge on any atom is 0.0206 e. The molecule has 17 heavy (non-hydrogen) atoms. The molecule has 0 atom stereocenters. The van der Waals surface area contributed by atoms with Gasteiger partial charge in [0.25, 0.3) is 0 Å². The second-order valence-corrected chi connectivity index (χ2v) is 5.36. The Balaban J connectivity index is 1.39. The van der Waals surface area contributed by atoms with Crippen molar-refractivity contribution in [2.45, 2.75) is 44.3 Å². The summed E-state index contributed by atoms with van der Waals surface area (Å²) < 4.78 is 0. The number of fused-ring (bicyclic) bond motifs is 2. The van der Waals surface area contributed by atoms with Crippen LogP contribution in [-0.4, -0.2) is 30.1 Å². The maximum atomic E-state index is 3.56. The molecule has 0 unspecified atom stereocenters. The Morgan fingerprint density at radius 3 is 2.29 bits per heavy atom. The van der Waals surface area contributed by atoms with Crippen molar-refractivity contribution < 1.29 is 0 Å². The Hall–Kier alpha value is -0.860. The lowest BCUT2D eigenvalue weighted by molar-refractivity contribution is 0.252. The van der Waals surface area contributed by atoms with Crippen LogP contribution in [0.1, 0.15) is 31.2 Å². The zero-order valence-electron chi connectivity index (χ0n) is 10.4. The molecular weight excluding hydrogens is 208 g/mol. The fourth-order valence-electron chi connectivity index (χ4n) is 3.42. The number of benzene rings is 1. The molecule has 0 saturated carbocycles. The first-order valence-electron chi connectivity index (χ1n) is 6.94. The van der Waals surface area contributed by atoms with E-state index in [0.717, 1.165) is 25.2 Å². The second-order valence-electron chi connectivity index (χ2n) is 5.36. The smallest absolute Gasteiger partial charge is 0.0206 e. The summed E-state index contributed by atoms with van der Waals surface area (Å²) in [5.74, 6) is 0. The molecule has 2 heteroatoms. The molecule has 2 heterocycles. The third-order valence-electron chi connectivity index (χ3n) is 4.32. The van der Waals surface area contributed by atoms with Gasteiger partial charge in [-0.2, -0.15) is 0 Å². The van der Waals surface area contributed by atoms with Crippen molar-refractivity contribution in [3.05, 3.63) is 35.9 Å².